The molecule has 5 nitrogen and oxygen atoms in total. The summed E-state index contributed by atoms with van der Waals surface area (Å²) in [6, 6.07) is 13.0. The first-order valence-corrected chi connectivity index (χ1v) is 10.2. The SMILES string of the molecule is CCOc1ccc(N(C(=O)c2cccc(Cl)c2)[C@@H]2C=CS(=O)(=O)C2)cc1. The van der Waals surface area contributed by atoms with Crippen LogP contribution in [-0.2, 0) is 9.84 Å². The standard InChI is InChI=1S/C19H18ClNO4S/c1-2-25-18-8-6-16(7-9-18)21(17-10-11-26(23,24)13-17)19(22)14-4-3-5-15(20)12-14/h3-12,17H,2,13H2,1H3/t17-/m1/s1. The summed E-state index contributed by atoms with van der Waals surface area (Å²) in [6.45, 7) is 2.42. The predicted octanol–water partition coefficient (Wildman–Crippen LogP) is 3.70. The van der Waals surface area contributed by atoms with Crippen LogP contribution in [0, 0.1) is 0 Å². The van der Waals surface area contributed by atoms with Gasteiger partial charge in [-0.1, -0.05) is 17.7 Å². The molecule has 0 aromatic heterocycles. The first kappa shape index (κ1) is 18.5. The van der Waals surface area contributed by atoms with Crippen molar-refractivity contribution in [1.82, 2.24) is 0 Å². The first-order valence-electron chi connectivity index (χ1n) is 8.12. The summed E-state index contributed by atoms with van der Waals surface area (Å²) in [7, 11) is -3.31. The predicted molar refractivity (Wildman–Crippen MR) is 103 cm³/mol. The van der Waals surface area contributed by atoms with Crippen molar-refractivity contribution >= 4 is 33.0 Å². The van der Waals surface area contributed by atoms with E-state index in [9.17, 15) is 13.2 Å². The molecule has 2 aromatic rings. The highest BCUT2D eigenvalue weighted by Gasteiger charge is 2.32. The van der Waals surface area contributed by atoms with Crippen LogP contribution in [-0.4, -0.2) is 32.7 Å². The quantitative estimate of drug-likeness (QED) is 0.779. The Kier molecular flexibility index (Phi) is 5.34. The molecule has 0 spiro atoms. The van der Waals surface area contributed by atoms with Crippen LogP contribution < -0.4 is 9.64 Å². The lowest BCUT2D eigenvalue weighted by Crippen LogP contribution is -2.41. The van der Waals surface area contributed by atoms with E-state index in [1.165, 1.54) is 11.0 Å². The van der Waals surface area contributed by atoms with Crippen LogP contribution in [0.3, 0.4) is 0 Å². The highest BCUT2D eigenvalue weighted by atomic mass is 35.5. The molecule has 136 valence electrons. The lowest BCUT2D eigenvalue weighted by Gasteiger charge is -2.28. The molecule has 1 aliphatic heterocycles. The molecule has 2 aromatic carbocycles. The van der Waals surface area contributed by atoms with Crippen LogP contribution >= 0.6 is 11.6 Å². The molecule has 1 amide bonds. The number of carbonyl (C=O) groups excluding carboxylic acids is 1. The Labute approximate surface area is 157 Å². The summed E-state index contributed by atoms with van der Waals surface area (Å²) >= 11 is 6.00. The van der Waals surface area contributed by atoms with Crippen molar-refractivity contribution in [2.75, 3.05) is 17.3 Å². The van der Waals surface area contributed by atoms with Gasteiger partial charge >= 0.3 is 0 Å². The van der Waals surface area contributed by atoms with Gasteiger partial charge in [-0.3, -0.25) is 4.79 Å². The topological polar surface area (TPSA) is 63.7 Å². The van der Waals surface area contributed by atoms with E-state index in [1.54, 1.807) is 48.5 Å². The molecule has 1 heterocycles. The Morgan fingerprint density at radius 3 is 2.54 bits per heavy atom. The van der Waals surface area contributed by atoms with Gasteiger partial charge in [-0.25, -0.2) is 8.42 Å². The zero-order valence-electron chi connectivity index (χ0n) is 14.1. The van der Waals surface area contributed by atoms with Crippen molar-refractivity contribution in [2.45, 2.75) is 13.0 Å². The number of hydrogen-bond donors (Lipinski definition) is 0. The number of amides is 1. The Morgan fingerprint density at radius 2 is 1.96 bits per heavy atom. The van der Waals surface area contributed by atoms with Gasteiger partial charge in [0.2, 0.25) is 0 Å². The summed E-state index contributed by atoms with van der Waals surface area (Å²) in [5, 5.41) is 1.60. The maximum atomic E-state index is 13.1. The minimum atomic E-state index is -3.31. The van der Waals surface area contributed by atoms with Crippen LogP contribution in [0.15, 0.2) is 60.0 Å². The zero-order valence-corrected chi connectivity index (χ0v) is 15.7. The molecule has 3 rings (SSSR count). The number of sulfone groups is 1. The number of nitrogens with zero attached hydrogens (tertiary/aromatic N) is 1. The summed E-state index contributed by atoms with van der Waals surface area (Å²) in [6.07, 6.45) is 1.54. The van der Waals surface area contributed by atoms with Crippen LogP contribution in [0.2, 0.25) is 5.02 Å². The lowest BCUT2D eigenvalue weighted by atomic mass is 10.1. The maximum Gasteiger partial charge on any atom is 0.258 e. The normalized spacial score (nSPS) is 17.8. The Bertz CT molecular complexity index is 938. The van der Waals surface area contributed by atoms with Crippen molar-refractivity contribution < 1.29 is 17.9 Å². The first-order chi connectivity index (χ1) is 12.4. The summed E-state index contributed by atoms with van der Waals surface area (Å²) < 4.78 is 29.2. The third-order valence-corrected chi connectivity index (χ3v) is 5.57. The summed E-state index contributed by atoms with van der Waals surface area (Å²) in [5.74, 6) is 0.219. The van der Waals surface area contributed by atoms with Gasteiger partial charge in [0.15, 0.2) is 9.84 Å². The average molecular weight is 392 g/mol. The Balaban J connectivity index is 1.99. The third-order valence-electron chi connectivity index (χ3n) is 3.96. The largest absolute Gasteiger partial charge is 0.494 e. The minimum Gasteiger partial charge on any atom is -0.494 e. The van der Waals surface area contributed by atoms with Crippen molar-refractivity contribution in [3.05, 3.63) is 70.6 Å². The Morgan fingerprint density at radius 1 is 1.23 bits per heavy atom. The minimum absolute atomic E-state index is 0.146. The van der Waals surface area contributed by atoms with Gasteiger partial charge in [-0.15, -0.1) is 0 Å². The monoisotopic (exact) mass is 391 g/mol. The number of rotatable bonds is 5. The van der Waals surface area contributed by atoms with E-state index in [-0.39, 0.29) is 11.7 Å². The smallest absolute Gasteiger partial charge is 0.258 e. The zero-order chi connectivity index (χ0) is 18.7. The number of ether oxygens (including phenoxy) is 1. The van der Waals surface area contributed by atoms with E-state index in [1.807, 2.05) is 6.92 Å². The third kappa shape index (κ3) is 4.08. The van der Waals surface area contributed by atoms with Gasteiger partial charge in [-0.05, 0) is 55.5 Å². The van der Waals surface area contributed by atoms with Crippen molar-refractivity contribution in [3.63, 3.8) is 0 Å². The molecular weight excluding hydrogens is 374 g/mol. The summed E-state index contributed by atoms with van der Waals surface area (Å²) in [5.41, 5.74) is 0.981. The van der Waals surface area contributed by atoms with Gasteiger partial charge in [-0.2, -0.15) is 0 Å². The van der Waals surface area contributed by atoms with E-state index in [4.69, 9.17) is 16.3 Å². The molecule has 26 heavy (non-hydrogen) atoms. The number of anilines is 1. The maximum absolute atomic E-state index is 13.1. The van der Waals surface area contributed by atoms with E-state index < -0.39 is 15.9 Å². The molecule has 1 atom stereocenters. The molecule has 0 saturated heterocycles. The molecule has 0 unspecified atom stereocenters. The average Bonchev–Trinajstić information content (AvgIpc) is 2.96. The van der Waals surface area contributed by atoms with Gasteiger partial charge in [0.25, 0.3) is 5.91 Å². The second-order valence-electron chi connectivity index (χ2n) is 5.84. The molecule has 0 bridgehead atoms. The number of carbonyl (C=O) groups is 1. The van der Waals surface area contributed by atoms with Crippen LogP contribution in [0.5, 0.6) is 5.75 Å². The number of benzene rings is 2. The summed E-state index contributed by atoms with van der Waals surface area (Å²) in [4.78, 5) is 14.6. The molecule has 0 radical (unpaired) electrons. The van der Waals surface area contributed by atoms with E-state index >= 15 is 0 Å². The molecule has 0 aliphatic carbocycles. The Hall–Kier alpha value is -2.31. The van der Waals surface area contributed by atoms with E-state index in [0.29, 0.717) is 28.6 Å². The molecule has 0 fully saturated rings. The van der Waals surface area contributed by atoms with Gasteiger partial charge in [0.1, 0.15) is 5.75 Å². The van der Waals surface area contributed by atoms with Crippen LogP contribution in [0.4, 0.5) is 5.69 Å². The van der Waals surface area contributed by atoms with Crippen LogP contribution in [0.25, 0.3) is 0 Å². The highest BCUT2D eigenvalue weighted by molar-refractivity contribution is 7.94. The van der Waals surface area contributed by atoms with Crippen LogP contribution in [0.1, 0.15) is 17.3 Å². The fourth-order valence-electron chi connectivity index (χ4n) is 2.81. The molecular formula is C19H18ClNO4S. The van der Waals surface area contributed by atoms with Gasteiger partial charge < -0.3 is 9.64 Å². The highest BCUT2D eigenvalue weighted by Crippen LogP contribution is 2.27. The van der Waals surface area contributed by atoms with Gasteiger partial charge in [0.05, 0.1) is 18.4 Å². The van der Waals surface area contributed by atoms with E-state index in [0.717, 1.165) is 5.41 Å². The van der Waals surface area contributed by atoms with Crippen molar-refractivity contribution in [1.29, 1.82) is 0 Å². The fraction of sp³-hybridized carbons (Fsp3) is 0.211. The second kappa shape index (κ2) is 7.51. The molecule has 7 heteroatoms. The second-order valence-corrected chi connectivity index (χ2v) is 8.21. The fourth-order valence-corrected chi connectivity index (χ4v) is 4.27. The molecule has 0 saturated carbocycles. The van der Waals surface area contributed by atoms with Crippen molar-refractivity contribution in [2.24, 2.45) is 0 Å². The number of hydrogen-bond acceptors (Lipinski definition) is 4. The molecule has 0 N–H and O–H groups in total. The van der Waals surface area contributed by atoms with E-state index in [2.05, 4.69) is 0 Å². The van der Waals surface area contributed by atoms with Crippen molar-refractivity contribution in [3.8, 4) is 5.75 Å². The molecule has 1 aliphatic rings. The van der Waals surface area contributed by atoms with Gasteiger partial charge in [0, 0.05) is 21.7 Å². The number of halogens is 1. The lowest BCUT2D eigenvalue weighted by molar-refractivity contribution is 0.0983.